The van der Waals surface area contributed by atoms with Gasteiger partial charge in [0.05, 0.1) is 21.6 Å². The van der Waals surface area contributed by atoms with Crippen LogP contribution in [0.5, 0.6) is 5.75 Å². The molecular weight excluding hydrogens is 333 g/mol. The van der Waals surface area contributed by atoms with Crippen LogP contribution in [0.3, 0.4) is 0 Å². The van der Waals surface area contributed by atoms with E-state index in [2.05, 4.69) is 12.6 Å². The van der Waals surface area contributed by atoms with Crippen molar-refractivity contribution >= 4 is 41.5 Å². The molecule has 0 radical (unpaired) electrons. The summed E-state index contributed by atoms with van der Waals surface area (Å²) in [5, 5.41) is 11.5. The molecule has 0 saturated heterocycles. The van der Waals surface area contributed by atoms with Crippen LogP contribution >= 0.6 is 35.8 Å². The van der Waals surface area contributed by atoms with Crippen molar-refractivity contribution in [2.45, 2.75) is 32.1 Å². The molecule has 0 spiro atoms. The molecule has 0 N–H and O–H groups in total. The van der Waals surface area contributed by atoms with E-state index in [9.17, 15) is 10.1 Å². The van der Waals surface area contributed by atoms with Crippen molar-refractivity contribution in [1.29, 1.82) is 0 Å². The van der Waals surface area contributed by atoms with Crippen LogP contribution in [0.25, 0.3) is 0 Å². The van der Waals surface area contributed by atoms with E-state index in [0.717, 1.165) is 25.7 Å². The first kappa shape index (κ1) is 16.7. The predicted molar refractivity (Wildman–Crippen MR) is 88.0 cm³/mol. The molecule has 0 unspecified atom stereocenters. The van der Waals surface area contributed by atoms with Crippen molar-refractivity contribution in [1.82, 2.24) is 0 Å². The molecule has 21 heavy (non-hydrogen) atoms. The van der Waals surface area contributed by atoms with Crippen LogP contribution in [0.2, 0.25) is 10.0 Å². The Kier molecular flexibility index (Phi) is 5.63. The summed E-state index contributed by atoms with van der Waals surface area (Å²) < 4.78 is 5.73. The SMILES string of the molecule is O=[N+]([O-])c1cc(Cl)c(Cl)cc1OCC1(CS)CCCCC1. The third-order valence-electron chi connectivity index (χ3n) is 3.98. The lowest BCUT2D eigenvalue weighted by Gasteiger charge is -2.35. The van der Waals surface area contributed by atoms with E-state index < -0.39 is 4.92 Å². The first-order valence-electron chi connectivity index (χ1n) is 6.84. The minimum Gasteiger partial charge on any atom is -0.486 e. The molecule has 0 amide bonds. The van der Waals surface area contributed by atoms with Gasteiger partial charge in [0.15, 0.2) is 5.75 Å². The minimum absolute atomic E-state index is 0.0126. The van der Waals surface area contributed by atoms with Crippen molar-refractivity contribution in [3.63, 3.8) is 0 Å². The Morgan fingerprint density at radius 1 is 1.24 bits per heavy atom. The molecule has 1 saturated carbocycles. The second-order valence-electron chi connectivity index (χ2n) is 5.50. The van der Waals surface area contributed by atoms with Crippen LogP contribution < -0.4 is 4.74 Å². The molecule has 0 bridgehead atoms. The first-order valence-corrected chi connectivity index (χ1v) is 8.23. The van der Waals surface area contributed by atoms with E-state index in [1.54, 1.807) is 0 Å². The lowest BCUT2D eigenvalue weighted by atomic mass is 9.76. The number of hydrogen-bond acceptors (Lipinski definition) is 4. The van der Waals surface area contributed by atoms with Gasteiger partial charge in [-0.25, -0.2) is 0 Å². The summed E-state index contributed by atoms with van der Waals surface area (Å²) >= 11 is 16.2. The molecule has 1 aliphatic carbocycles. The molecule has 116 valence electrons. The Bertz CT molecular complexity index is 533. The maximum Gasteiger partial charge on any atom is 0.312 e. The Morgan fingerprint density at radius 3 is 2.43 bits per heavy atom. The molecule has 1 fully saturated rings. The minimum atomic E-state index is -0.508. The number of rotatable bonds is 5. The van der Waals surface area contributed by atoms with Crippen LogP contribution in [0, 0.1) is 15.5 Å². The van der Waals surface area contributed by atoms with E-state index in [-0.39, 0.29) is 26.9 Å². The van der Waals surface area contributed by atoms with Gasteiger partial charge in [-0.15, -0.1) is 0 Å². The molecule has 1 aromatic carbocycles. The molecule has 0 atom stereocenters. The zero-order valence-corrected chi connectivity index (χ0v) is 13.9. The topological polar surface area (TPSA) is 52.4 Å². The zero-order chi connectivity index (χ0) is 15.5. The summed E-state index contributed by atoms with van der Waals surface area (Å²) in [6.07, 6.45) is 5.58. The van der Waals surface area contributed by atoms with Gasteiger partial charge >= 0.3 is 5.69 Å². The van der Waals surface area contributed by atoms with E-state index in [0.29, 0.717) is 12.4 Å². The molecule has 7 heteroatoms. The maximum atomic E-state index is 11.1. The Hall–Kier alpha value is -0.650. The Balaban J connectivity index is 2.18. The second kappa shape index (κ2) is 7.07. The number of nitro benzene ring substituents is 1. The molecule has 0 aromatic heterocycles. The lowest BCUT2D eigenvalue weighted by Crippen LogP contribution is -2.33. The summed E-state index contributed by atoms with van der Waals surface area (Å²) in [5.74, 6) is 0.878. The highest BCUT2D eigenvalue weighted by molar-refractivity contribution is 7.80. The number of ether oxygens (including phenoxy) is 1. The van der Waals surface area contributed by atoms with Crippen LogP contribution in [0.15, 0.2) is 12.1 Å². The monoisotopic (exact) mass is 349 g/mol. The number of nitrogens with zero attached hydrogens (tertiary/aromatic N) is 1. The maximum absolute atomic E-state index is 11.1. The third-order valence-corrected chi connectivity index (χ3v) is 5.38. The zero-order valence-electron chi connectivity index (χ0n) is 11.5. The number of benzene rings is 1. The number of thiol groups is 1. The Morgan fingerprint density at radius 2 is 1.86 bits per heavy atom. The summed E-state index contributed by atoms with van der Waals surface area (Å²) in [5.41, 5.74) is -0.170. The molecule has 0 aliphatic heterocycles. The van der Waals surface area contributed by atoms with Gasteiger partial charge < -0.3 is 4.74 Å². The molecule has 1 aromatic rings. The van der Waals surface area contributed by atoms with Crippen molar-refractivity contribution < 1.29 is 9.66 Å². The summed E-state index contributed by atoms with van der Waals surface area (Å²) in [6.45, 7) is 0.412. The Labute approximate surface area is 139 Å². The number of hydrogen-bond donors (Lipinski definition) is 1. The van der Waals surface area contributed by atoms with Crippen molar-refractivity contribution in [2.24, 2.45) is 5.41 Å². The molecular formula is C14H17Cl2NO3S. The standard InChI is InChI=1S/C14H17Cl2NO3S/c15-10-6-12(17(18)19)13(7-11(10)16)20-8-14(9-21)4-2-1-3-5-14/h6-7,21H,1-5,8-9H2. The van der Waals surface area contributed by atoms with Gasteiger partial charge in [0.1, 0.15) is 0 Å². The van der Waals surface area contributed by atoms with Gasteiger partial charge in [-0.2, -0.15) is 12.6 Å². The highest BCUT2D eigenvalue weighted by Crippen LogP contribution is 2.40. The summed E-state index contributed by atoms with van der Waals surface area (Å²) in [4.78, 5) is 10.6. The highest BCUT2D eigenvalue weighted by Gasteiger charge is 2.32. The van der Waals surface area contributed by atoms with Crippen LogP contribution in [0.4, 0.5) is 5.69 Å². The summed E-state index contributed by atoms with van der Waals surface area (Å²) in [7, 11) is 0. The average Bonchev–Trinajstić information content (AvgIpc) is 2.48. The molecule has 1 aliphatic rings. The average molecular weight is 350 g/mol. The van der Waals surface area contributed by atoms with Crippen molar-refractivity contribution in [2.75, 3.05) is 12.4 Å². The largest absolute Gasteiger partial charge is 0.486 e. The fraction of sp³-hybridized carbons (Fsp3) is 0.571. The van der Waals surface area contributed by atoms with Crippen LogP contribution in [-0.2, 0) is 0 Å². The third kappa shape index (κ3) is 3.96. The van der Waals surface area contributed by atoms with Gasteiger partial charge in [-0.05, 0) is 18.6 Å². The fourth-order valence-electron chi connectivity index (χ4n) is 2.66. The normalized spacial score (nSPS) is 17.5. The van der Waals surface area contributed by atoms with Gasteiger partial charge in [-0.3, -0.25) is 10.1 Å². The van der Waals surface area contributed by atoms with Gasteiger partial charge in [0, 0.05) is 17.5 Å². The first-order chi connectivity index (χ1) is 9.97. The summed E-state index contributed by atoms with van der Waals surface area (Å²) in [6, 6.07) is 2.64. The fourth-order valence-corrected chi connectivity index (χ4v) is 3.38. The number of nitro groups is 1. The number of halogens is 2. The van der Waals surface area contributed by atoms with Crippen molar-refractivity contribution in [3.8, 4) is 5.75 Å². The van der Waals surface area contributed by atoms with E-state index >= 15 is 0 Å². The van der Waals surface area contributed by atoms with Crippen molar-refractivity contribution in [3.05, 3.63) is 32.3 Å². The van der Waals surface area contributed by atoms with E-state index in [1.807, 2.05) is 0 Å². The highest BCUT2D eigenvalue weighted by atomic mass is 35.5. The molecule has 0 heterocycles. The second-order valence-corrected chi connectivity index (χ2v) is 6.63. The molecule has 4 nitrogen and oxygen atoms in total. The van der Waals surface area contributed by atoms with Gasteiger partial charge in [0.25, 0.3) is 0 Å². The van der Waals surface area contributed by atoms with E-state index in [1.165, 1.54) is 18.6 Å². The van der Waals surface area contributed by atoms with Gasteiger partial charge in [-0.1, -0.05) is 42.5 Å². The van der Waals surface area contributed by atoms with Crippen LogP contribution in [0.1, 0.15) is 32.1 Å². The molecule has 2 rings (SSSR count). The quantitative estimate of drug-likeness (QED) is 0.453. The smallest absolute Gasteiger partial charge is 0.312 e. The lowest BCUT2D eigenvalue weighted by molar-refractivity contribution is -0.386. The predicted octanol–water partition coefficient (Wildman–Crippen LogP) is 5.16. The van der Waals surface area contributed by atoms with E-state index in [4.69, 9.17) is 27.9 Å². The van der Waals surface area contributed by atoms with Crippen LogP contribution in [-0.4, -0.2) is 17.3 Å². The van der Waals surface area contributed by atoms with Gasteiger partial charge in [0.2, 0.25) is 0 Å².